The fraction of sp³-hybridized carbons (Fsp3) is 0.667. The third kappa shape index (κ3) is 5.62. The summed E-state index contributed by atoms with van der Waals surface area (Å²) in [5.41, 5.74) is 0. The molecule has 0 fully saturated rings. The predicted molar refractivity (Wildman–Crippen MR) is 40.5 cm³/mol. The molecule has 0 aromatic heterocycles. The first-order chi connectivity index (χ1) is 4.45. The molecule has 0 aromatic rings. The first-order valence-corrected chi connectivity index (χ1v) is 4.96. The Bertz CT molecular complexity index is 193. The van der Waals surface area contributed by atoms with E-state index in [0.29, 0.717) is 0 Å². The van der Waals surface area contributed by atoms with E-state index in [-0.39, 0.29) is 11.9 Å². The van der Waals surface area contributed by atoms with Crippen LogP contribution in [0.25, 0.3) is 0 Å². The van der Waals surface area contributed by atoms with Gasteiger partial charge in [0.25, 0.3) is 0 Å². The molecular weight excluding hydrogens is 152 g/mol. The van der Waals surface area contributed by atoms with Crippen molar-refractivity contribution in [2.75, 3.05) is 12.0 Å². The monoisotopic (exact) mass is 164 g/mol. The molecule has 0 aliphatic heterocycles. The summed E-state index contributed by atoms with van der Waals surface area (Å²) in [6.07, 6.45) is 2.12. The van der Waals surface area contributed by atoms with Gasteiger partial charge in [-0.15, -0.1) is 0 Å². The molecule has 0 amide bonds. The van der Waals surface area contributed by atoms with Gasteiger partial charge in [-0.3, -0.25) is 0 Å². The van der Waals surface area contributed by atoms with Gasteiger partial charge in [-0.25, -0.2) is 8.42 Å². The summed E-state index contributed by atoms with van der Waals surface area (Å²) < 4.78 is 26.0. The zero-order valence-corrected chi connectivity index (χ0v) is 7.02. The second-order valence-corrected chi connectivity index (χ2v) is 4.39. The summed E-state index contributed by atoms with van der Waals surface area (Å²) in [4.78, 5) is 0. The summed E-state index contributed by atoms with van der Waals surface area (Å²) in [6, 6.07) is 0. The molecule has 1 unspecified atom stereocenters. The maximum Gasteiger partial charge on any atom is 0.151 e. The van der Waals surface area contributed by atoms with Gasteiger partial charge in [0.15, 0.2) is 9.84 Å². The van der Waals surface area contributed by atoms with Crippen LogP contribution in [-0.4, -0.2) is 26.5 Å². The van der Waals surface area contributed by atoms with E-state index in [2.05, 4.69) is 6.58 Å². The van der Waals surface area contributed by atoms with E-state index in [1.807, 2.05) is 0 Å². The van der Waals surface area contributed by atoms with Gasteiger partial charge in [0.05, 0.1) is 12.0 Å². The topological polar surface area (TPSA) is 43.4 Å². The lowest BCUT2D eigenvalue weighted by Gasteiger charge is -2.07. The van der Waals surface area contributed by atoms with E-state index in [0.717, 1.165) is 0 Å². The summed E-state index contributed by atoms with van der Waals surface area (Å²) in [7, 11) is -2.92. The number of ether oxygens (including phenoxy) is 1. The Labute approximate surface area is 61.6 Å². The van der Waals surface area contributed by atoms with E-state index >= 15 is 0 Å². The van der Waals surface area contributed by atoms with Gasteiger partial charge in [-0.05, 0) is 6.92 Å². The molecule has 0 rings (SSSR count). The Balaban J connectivity index is 3.80. The molecule has 0 saturated carbocycles. The van der Waals surface area contributed by atoms with Gasteiger partial charge in [-0.1, -0.05) is 6.58 Å². The molecule has 0 aliphatic carbocycles. The molecule has 10 heavy (non-hydrogen) atoms. The maximum atomic E-state index is 10.6. The highest BCUT2D eigenvalue weighted by Gasteiger charge is 2.08. The molecule has 3 nitrogen and oxygen atoms in total. The molecule has 0 heterocycles. The van der Waals surface area contributed by atoms with Crippen LogP contribution >= 0.6 is 0 Å². The third-order valence-corrected chi connectivity index (χ3v) is 1.94. The normalized spacial score (nSPS) is 14.2. The van der Waals surface area contributed by atoms with E-state index in [1.165, 1.54) is 12.5 Å². The maximum absolute atomic E-state index is 10.6. The minimum atomic E-state index is -2.92. The van der Waals surface area contributed by atoms with E-state index < -0.39 is 9.84 Å². The Morgan fingerprint density at radius 2 is 2.20 bits per heavy atom. The zero-order valence-electron chi connectivity index (χ0n) is 6.20. The molecule has 0 saturated heterocycles. The lowest BCUT2D eigenvalue weighted by Crippen LogP contribution is -2.17. The highest BCUT2D eigenvalue weighted by molar-refractivity contribution is 7.90. The van der Waals surface area contributed by atoms with Crippen molar-refractivity contribution in [1.29, 1.82) is 0 Å². The molecular formula is C6H12O3S. The average Bonchev–Trinajstić information content (AvgIpc) is 1.59. The Kier molecular flexibility index (Phi) is 3.42. The highest BCUT2D eigenvalue weighted by Crippen LogP contribution is 1.95. The molecule has 0 N–H and O–H groups in total. The molecule has 0 aliphatic rings. The van der Waals surface area contributed by atoms with Crippen LogP contribution in [0, 0.1) is 0 Å². The third-order valence-electron chi connectivity index (χ3n) is 0.866. The summed E-state index contributed by atoms with van der Waals surface area (Å²) in [6.45, 7) is 5.00. The van der Waals surface area contributed by atoms with Crippen LogP contribution in [0.5, 0.6) is 0 Å². The lowest BCUT2D eigenvalue weighted by atomic mass is 10.5. The first kappa shape index (κ1) is 9.49. The van der Waals surface area contributed by atoms with Crippen molar-refractivity contribution in [3.63, 3.8) is 0 Å². The Hall–Kier alpha value is -0.510. The minimum Gasteiger partial charge on any atom is -0.498 e. The van der Waals surface area contributed by atoms with E-state index in [1.54, 1.807) is 6.92 Å². The van der Waals surface area contributed by atoms with Gasteiger partial charge in [0, 0.05) is 6.26 Å². The second-order valence-electron chi connectivity index (χ2n) is 2.21. The predicted octanol–water partition coefficient (Wildman–Crippen LogP) is 0.580. The molecule has 0 aromatic carbocycles. The van der Waals surface area contributed by atoms with Crippen LogP contribution in [0.1, 0.15) is 6.92 Å². The number of sulfone groups is 1. The highest BCUT2D eigenvalue weighted by atomic mass is 32.2. The lowest BCUT2D eigenvalue weighted by molar-refractivity contribution is 0.183. The van der Waals surface area contributed by atoms with E-state index in [9.17, 15) is 8.42 Å². The number of hydrogen-bond acceptors (Lipinski definition) is 3. The van der Waals surface area contributed by atoms with Crippen LogP contribution in [0.3, 0.4) is 0 Å². The number of rotatable bonds is 4. The van der Waals surface area contributed by atoms with Crippen LogP contribution in [0.4, 0.5) is 0 Å². The van der Waals surface area contributed by atoms with Crippen LogP contribution in [0.15, 0.2) is 12.8 Å². The smallest absolute Gasteiger partial charge is 0.151 e. The summed E-state index contributed by atoms with van der Waals surface area (Å²) >= 11 is 0. The van der Waals surface area contributed by atoms with Gasteiger partial charge >= 0.3 is 0 Å². The molecule has 60 valence electrons. The second kappa shape index (κ2) is 3.61. The van der Waals surface area contributed by atoms with Gasteiger partial charge in [0.1, 0.15) is 6.10 Å². The molecule has 1 atom stereocenters. The molecule has 0 spiro atoms. The van der Waals surface area contributed by atoms with Gasteiger partial charge < -0.3 is 4.74 Å². The van der Waals surface area contributed by atoms with Crippen LogP contribution in [0.2, 0.25) is 0 Å². The fourth-order valence-electron chi connectivity index (χ4n) is 0.630. The standard InChI is InChI=1S/C6H12O3S/c1-4-9-6(2)5-10(3,7)8/h4,6H,1,5H2,2-3H3. The zero-order chi connectivity index (χ0) is 8.20. The largest absolute Gasteiger partial charge is 0.498 e. The van der Waals surface area contributed by atoms with Crippen molar-refractivity contribution in [2.24, 2.45) is 0 Å². The van der Waals surface area contributed by atoms with E-state index in [4.69, 9.17) is 4.74 Å². The van der Waals surface area contributed by atoms with Crippen molar-refractivity contribution in [2.45, 2.75) is 13.0 Å². The number of hydrogen-bond donors (Lipinski definition) is 0. The fourth-order valence-corrected chi connectivity index (χ4v) is 1.56. The molecule has 0 radical (unpaired) electrons. The van der Waals surface area contributed by atoms with Crippen molar-refractivity contribution < 1.29 is 13.2 Å². The Morgan fingerprint density at radius 3 is 2.50 bits per heavy atom. The van der Waals surface area contributed by atoms with Crippen molar-refractivity contribution >= 4 is 9.84 Å². The first-order valence-electron chi connectivity index (χ1n) is 2.90. The minimum absolute atomic E-state index is 0.0407. The summed E-state index contributed by atoms with van der Waals surface area (Å²) in [5, 5.41) is 0. The summed E-state index contributed by atoms with van der Waals surface area (Å²) in [5.74, 6) is 0.0407. The van der Waals surface area contributed by atoms with Crippen molar-refractivity contribution in [1.82, 2.24) is 0 Å². The quantitative estimate of drug-likeness (QED) is 0.571. The Morgan fingerprint density at radius 1 is 1.70 bits per heavy atom. The van der Waals surface area contributed by atoms with Crippen LogP contribution < -0.4 is 0 Å². The van der Waals surface area contributed by atoms with Crippen molar-refractivity contribution in [3.05, 3.63) is 12.8 Å². The SMILES string of the molecule is C=COC(C)CS(C)(=O)=O. The van der Waals surface area contributed by atoms with Gasteiger partial charge in [-0.2, -0.15) is 0 Å². The van der Waals surface area contributed by atoms with Gasteiger partial charge in [0.2, 0.25) is 0 Å². The van der Waals surface area contributed by atoms with Crippen LogP contribution in [-0.2, 0) is 14.6 Å². The molecule has 4 heteroatoms. The average molecular weight is 164 g/mol. The van der Waals surface area contributed by atoms with Crippen molar-refractivity contribution in [3.8, 4) is 0 Å². The molecule has 0 bridgehead atoms.